The third-order valence-corrected chi connectivity index (χ3v) is 2.89. The van der Waals surface area contributed by atoms with Gasteiger partial charge in [-0.15, -0.1) is 0 Å². The number of carbonyl (C=O) groups is 7. The molecule has 0 aromatic carbocycles. The molecule has 38 heavy (non-hydrogen) atoms. The van der Waals surface area contributed by atoms with Crippen molar-refractivity contribution in [3.8, 4) is 0 Å². The van der Waals surface area contributed by atoms with Gasteiger partial charge in [-0.25, -0.2) is 9.59 Å². The van der Waals surface area contributed by atoms with Crippen molar-refractivity contribution in [2.45, 2.75) is 43.8 Å². The van der Waals surface area contributed by atoms with Gasteiger partial charge in [0, 0.05) is 6.92 Å². The SMILES string of the molecule is CC(=O)OC(CC(=O)O)(CC(=O)O)C(=O)O.O=C(O)CC(O)(CC(=O)O)C(=O)O.[O]=[U]=[O].[O]=[U]=[O].[O]=[U]=[O]. The van der Waals surface area contributed by atoms with E-state index in [1.165, 1.54) is 0 Å². The molecule has 0 aliphatic carbocycles. The van der Waals surface area contributed by atoms with Crippen molar-refractivity contribution in [2.24, 2.45) is 0 Å². The summed E-state index contributed by atoms with van der Waals surface area (Å²) in [6.45, 7) is 0.862. The standard InChI is InChI=1S/C8H10O8.C6H8O7.6O.3U/c1-4(9)16-8(7(14)15,2-5(10)11)3-6(12)13;7-3(8)1-6(13,5(11)12)2-4(9)10;;;;;;;;;/h2-3H2,1H3,(H,10,11)(H,12,13)(H,14,15);13H,1-2H2,(H,7,8)(H,9,10)(H,11,12);;;;;;;;;. The first-order valence-electron chi connectivity index (χ1n) is 8.46. The molecule has 0 aliphatic rings. The van der Waals surface area contributed by atoms with E-state index in [0.717, 1.165) is 6.92 Å². The zero-order valence-corrected chi connectivity index (χ0v) is 31.2. The van der Waals surface area contributed by atoms with Gasteiger partial charge >= 0.3 is 139 Å². The van der Waals surface area contributed by atoms with Gasteiger partial charge < -0.3 is 40.5 Å². The van der Waals surface area contributed by atoms with Crippen LogP contribution in [0.2, 0.25) is 0 Å². The van der Waals surface area contributed by atoms with E-state index in [0.29, 0.717) is 0 Å². The van der Waals surface area contributed by atoms with Crippen molar-refractivity contribution in [3.05, 3.63) is 0 Å². The molecule has 24 heteroatoms. The summed E-state index contributed by atoms with van der Waals surface area (Å²) in [5, 5.41) is 59.5. The first-order valence-corrected chi connectivity index (χ1v) is 18.7. The Labute approximate surface area is 253 Å². The topological polar surface area (TPSA) is 373 Å². The summed E-state index contributed by atoms with van der Waals surface area (Å²) in [5.41, 5.74) is -5.30. The molecule has 0 atom stereocenters. The molecule has 0 fully saturated rings. The van der Waals surface area contributed by atoms with Crippen LogP contribution in [0.4, 0.5) is 0 Å². The number of rotatable bonds is 11. The fourth-order valence-electron chi connectivity index (χ4n) is 1.81. The molecule has 0 aromatic heterocycles. The van der Waals surface area contributed by atoms with Gasteiger partial charge in [-0.05, 0) is 0 Å². The number of carboxylic acid groups (broad SMARTS) is 6. The Morgan fingerprint density at radius 3 is 0.921 bits per heavy atom. The maximum absolute atomic E-state index is 10.8. The third-order valence-electron chi connectivity index (χ3n) is 2.89. The summed E-state index contributed by atoms with van der Waals surface area (Å²) in [6, 6.07) is 0. The van der Waals surface area contributed by atoms with E-state index in [1.54, 1.807) is 0 Å². The van der Waals surface area contributed by atoms with Crippen molar-refractivity contribution in [3.63, 3.8) is 0 Å². The van der Waals surface area contributed by atoms with Crippen LogP contribution in [0.15, 0.2) is 0 Å². The predicted octanol–water partition coefficient (Wildman–Crippen LogP) is -2.64. The van der Waals surface area contributed by atoms with Crippen molar-refractivity contribution in [1.29, 1.82) is 0 Å². The Bertz CT molecular complexity index is 867. The molecule has 0 radical (unpaired) electrons. The summed E-state index contributed by atoms with van der Waals surface area (Å²) >= 11 is -7.52. The van der Waals surface area contributed by atoms with Crippen molar-refractivity contribution in [1.82, 2.24) is 0 Å². The Hall–Kier alpha value is -1.79. The number of hydrogen-bond acceptors (Lipinski definition) is 15. The summed E-state index contributed by atoms with van der Waals surface area (Å²) in [5.74, 6) is -11.1. The Balaban J connectivity index is -0.000000147. The summed E-state index contributed by atoms with van der Waals surface area (Å²) in [6.07, 6.45) is -4.52. The Morgan fingerprint density at radius 1 is 0.553 bits per heavy atom. The van der Waals surface area contributed by atoms with Gasteiger partial charge in [-0.3, -0.25) is 24.0 Å². The average Bonchev–Trinajstić information content (AvgIpc) is 2.67. The second-order valence-corrected chi connectivity index (χ2v) is 7.84. The molecule has 0 heterocycles. The van der Waals surface area contributed by atoms with E-state index < -0.39 is 162 Å². The fourth-order valence-corrected chi connectivity index (χ4v) is 1.81. The van der Waals surface area contributed by atoms with Gasteiger partial charge in [-0.1, -0.05) is 0 Å². The Morgan fingerprint density at radius 2 is 0.789 bits per heavy atom. The van der Waals surface area contributed by atoms with E-state index in [9.17, 15) is 33.6 Å². The summed E-state index contributed by atoms with van der Waals surface area (Å²) in [4.78, 5) is 72.8. The molecule has 212 valence electrons. The second kappa shape index (κ2) is 26.8. The minimum atomic E-state index is -2.74. The summed E-state index contributed by atoms with van der Waals surface area (Å²) < 4.78 is 55.8. The minimum absolute atomic E-state index is 0.862. The van der Waals surface area contributed by atoms with E-state index in [4.69, 9.17) is 49.2 Å². The zero-order chi connectivity index (χ0) is 31.7. The summed E-state index contributed by atoms with van der Waals surface area (Å²) in [7, 11) is 0. The number of aliphatic carboxylic acids is 6. The first kappa shape index (κ1) is 46.1. The van der Waals surface area contributed by atoms with E-state index in [2.05, 4.69) is 4.74 Å². The van der Waals surface area contributed by atoms with Crippen LogP contribution in [0.25, 0.3) is 0 Å². The molecule has 0 spiro atoms. The van der Waals surface area contributed by atoms with Crippen LogP contribution < -0.4 is 0 Å². The third kappa shape index (κ3) is 30.4. The van der Waals surface area contributed by atoms with E-state index in [1.807, 2.05) is 0 Å². The molecule has 0 amide bonds. The van der Waals surface area contributed by atoms with Gasteiger partial charge in [0.25, 0.3) is 0 Å². The molecule has 0 aliphatic heterocycles. The average molecular weight is 1240 g/mol. The molecule has 0 rings (SSSR count). The van der Waals surface area contributed by atoms with Crippen LogP contribution in [0.1, 0.15) is 32.6 Å². The number of aliphatic hydroxyl groups is 1. The number of carbonyl (C=O) groups excluding carboxylic acids is 1. The predicted molar refractivity (Wildman–Crippen MR) is 87.8 cm³/mol. The van der Waals surface area contributed by atoms with Gasteiger partial charge in [0.15, 0.2) is 5.60 Å². The van der Waals surface area contributed by atoms with E-state index >= 15 is 0 Å². The normalized spacial score (nSPS) is 8.79. The second-order valence-electron chi connectivity index (χ2n) is 5.76. The Kier molecular flexibility index (Phi) is 32.5. The molecule has 0 bridgehead atoms. The quantitative estimate of drug-likeness (QED) is 0.104. The molecule has 0 unspecified atom stereocenters. The molecule has 21 nitrogen and oxygen atoms in total. The van der Waals surface area contributed by atoms with Crippen LogP contribution in [0.3, 0.4) is 0 Å². The van der Waals surface area contributed by atoms with E-state index in [-0.39, 0.29) is 0 Å². The molecule has 7 N–H and O–H groups in total. The number of esters is 1. The van der Waals surface area contributed by atoms with Gasteiger partial charge in [0.05, 0.1) is 25.7 Å². The molecule has 0 saturated carbocycles. The van der Waals surface area contributed by atoms with Gasteiger partial charge in [0.2, 0.25) is 5.60 Å². The van der Waals surface area contributed by atoms with Crippen LogP contribution >= 0.6 is 0 Å². The molecular formula is C14H18O21U3. The molecule has 0 saturated heterocycles. The van der Waals surface area contributed by atoms with Crippen molar-refractivity contribution >= 4 is 41.8 Å². The molecular weight excluding hydrogens is 1220 g/mol. The van der Waals surface area contributed by atoms with Gasteiger partial charge in [-0.2, -0.15) is 0 Å². The van der Waals surface area contributed by atoms with Gasteiger partial charge in [0.1, 0.15) is 0 Å². The number of carboxylic acids is 6. The molecule has 0 aromatic rings. The zero-order valence-electron chi connectivity index (χ0n) is 18.7. The van der Waals surface area contributed by atoms with Crippen LogP contribution in [0.5, 0.6) is 0 Å². The number of ether oxygens (including phenoxy) is 1. The number of hydrogen-bond donors (Lipinski definition) is 7. The van der Waals surface area contributed by atoms with Crippen LogP contribution in [0, 0.1) is 83.5 Å². The van der Waals surface area contributed by atoms with Crippen LogP contribution in [-0.4, -0.2) is 88.7 Å². The fraction of sp³-hybridized carbons (Fsp3) is 0.500. The monoisotopic (exact) mass is 1240 g/mol. The van der Waals surface area contributed by atoms with Crippen LogP contribution in [-0.2, 0) is 51.7 Å². The van der Waals surface area contributed by atoms with Crippen molar-refractivity contribution < 1.29 is 171 Å². The van der Waals surface area contributed by atoms with Crippen molar-refractivity contribution in [2.75, 3.05) is 0 Å². The first-order chi connectivity index (χ1) is 17.2. The maximum atomic E-state index is 10.8.